The number of carbonyl (C=O) groups is 2. The van der Waals surface area contributed by atoms with E-state index < -0.39 is 0 Å². The minimum Gasteiger partial charge on any atom is -0.383 e. The number of methoxy groups -OCH3 is 1. The van der Waals surface area contributed by atoms with Crippen LogP contribution >= 0.6 is 11.6 Å². The van der Waals surface area contributed by atoms with E-state index in [2.05, 4.69) is 18.3 Å². The number of rotatable bonds is 7. The quantitative estimate of drug-likeness (QED) is 0.656. The third-order valence-electron chi connectivity index (χ3n) is 4.27. The van der Waals surface area contributed by atoms with Gasteiger partial charge in [0.15, 0.2) is 0 Å². The zero-order valence-electron chi connectivity index (χ0n) is 17.9. The predicted molar refractivity (Wildman–Crippen MR) is 121 cm³/mol. The number of halogens is 1. The number of amides is 2. The number of ether oxygens (including phenoxy) is 1. The molecule has 1 unspecified atom stereocenters. The molecule has 1 atom stereocenters. The molecule has 5 nitrogen and oxygen atoms in total. The molecule has 158 valence electrons. The average molecular weight is 419 g/mol. The fourth-order valence-corrected chi connectivity index (χ4v) is 3.17. The standard InChI is InChI=1S/C15H22ClNO2.C8H9NO/c1-5-13-8-6-7-11(2)15(13)17(14(18)9-16)12(3)10-19-4;1-7(10)9-8-5-3-2-4-6-8/h6-8,12H,5,9-10H2,1-4H3;2-6H,1H3,(H,9,10). The van der Waals surface area contributed by atoms with Gasteiger partial charge in [0.25, 0.3) is 0 Å². The van der Waals surface area contributed by atoms with Gasteiger partial charge in [-0.1, -0.05) is 43.3 Å². The number of aryl methyl sites for hydroxylation is 2. The summed E-state index contributed by atoms with van der Waals surface area (Å²) in [5.41, 5.74) is 4.05. The van der Waals surface area contributed by atoms with Gasteiger partial charge in [-0.2, -0.15) is 0 Å². The molecule has 2 rings (SSSR count). The van der Waals surface area contributed by atoms with Crippen molar-refractivity contribution in [2.24, 2.45) is 0 Å². The first-order valence-electron chi connectivity index (χ1n) is 9.63. The summed E-state index contributed by atoms with van der Waals surface area (Å²) in [6, 6.07) is 15.4. The molecule has 0 spiro atoms. The van der Waals surface area contributed by atoms with Gasteiger partial charge in [0.1, 0.15) is 5.88 Å². The summed E-state index contributed by atoms with van der Waals surface area (Å²) in [5, 5.41) is 2.67. The number of nitrogens with one attached hydrogen (secondary N) is 1. The minimum absolute atomic E-state index is 0.0223. The van der Waals surface area contributed by atoms with E-state index in [4.69, 9.17) is 16.3 Å². The second-order valence-corrected chi connectivity index (χ2v) is 6.95. The van der Waals surface area contributed by atoms with Crippen LogP contribution in [0.5, 0.6) is 0 Å². The van der Waals surface area contributed by atoms with E-state index in [1.807, 2.05) is 56.3 Å². The largest absolute Gasteiger partial charge is 0.383 e. The number of anilines is 2. The average Bonchev–Trinajstić information content (AvgIpc) is 2.70. The normalized spacial score (nSPS) is 11.1. The van der Waals surface area contributed by atoms with Gasteiger partial charge >= 0.3 is 0 Å². The highest BCUT2D eigenvalue weighted by Crippen LogP contribution is 2.28. The summed E-state index contributed by atoms with van der Waals surface area (Å²) in [4.78, 5) is 24.5. The smallest absolute Gasteiger partial charge is 0.242 e. The van der Waals surface area contributed by atoms with Crippen LogP contribution in [0.25, 0.3) is 0 Å². The number of alkyl halides is 1. The molecule has 0 bridgehead atoms. The first kappa shape index (κ1) is 24.7. The molecular formula is C23H31ClN2O3. The summed E-state index contributed by atoms with van der Waals surface area (Å²) in [6.07, 6.45) is 0.878. The molecule has 0 aliphatic rings. The first-order valence-corrected chi connectivity index (χ1v) is 10.2. The lowest BCUT2D eigenvalue weighted by atomic mass is 10.0. The Morgan fingerprint density at radius 3 is 2.31 bits per heavy atom. The van der Waals surface area contributed by atoms with E-state index >= 15 is 0 Å². The minimum atomic E-state index is -0.0878. The highest BCUT2D eigenvalue weighted by atomic mass is 35.5. The maximum Gasteiger partial charge on any atom is 0.242 e. The van der Waals surface area contributed by atoms with Crippen molar-refractivity contribution in [2.45, 2.75) is 40.2 Å². The van der Waals surface area contributed by atoms with Crippen molar-refractivity contribution in [3.8, 4) is 0 Å². The maximum absolute atomic E-state index is 12.2. The van der Waals surface area contributed by atoms with Crippen LogP contribution < -0.4 is 10.2 Å². The lowest BCUT2D eigenvalue weighted by molar-refractivity contribution is -0.117. The van der Waals surface area contributed by atoms with Crippen LogP contribution in [0, 0.1) is 6.92 Å². The van der Waals surface area contributed by atoms with Gasteiger partial charge in [-0.05, 0) is 43.5 Å². The molecular weight excluding hydrogens is 388 g/mol. The van der Waals surface area contributed by atoms with E-state index in [1.165, 1.54) is 6.92 Å². The molecule has 29 heavy (non-hydrogen) atoms. The molecule has 0 aliphatic carbocycles. The number of nitrogens with zero attached hydrogens (tertiary/aromatic N) is 1. The Kier molecular flexibility index (Phi) is 11.0. The highest BCUT2D eigenvalue weighted by molar-refractivity contribution is 6.29. The number of hydrogen-bond acceptors (Lipinski definition) is 3. The SMILES string of the molecule is CC(=O)Nc1ccccc1.CCc1cccc(C)c1N(C(=O)CCl)C(C)COC. The summed E-state index contributed by atoms with van der Waals surface area (Å²) in [7, 11) is 1.64. The van der Waals surface area contributed by atoms with Crippen LogP contribution in [0.2, 0.25) is 0 Å². The van der Waals surface area contributed by atoms with Crippen molar-refractivity contribution < 1.29 is 14.3 Å². The third kappa shape index (κ3) is 7.87. The van der Waals surface area contributed by atoms with Crippen molar-refractivity contribution in [1.29, 1.82) is 0 Å². The van der Waals surface area contributed by atoms with Crippen molar-refractivity contribution in [3.63, 3.8) is 0 Å². The summed E-state index contributed by atoms with van der Waals surface area (Å²) < 4.78 is 5.18. The van der Waals surface area contributed by atoms with Crippen molar-refractivity contribution in [1.82, 2.24) is 0 Å². The van der Waals surface area contributed by atoms with Gasteiger partial charge in [0, 0.05) is 19.7 Å². The lowest BCUT2D eigenvalue weighted by Gasteiger charge is -2.31. The summed E-state index contributed by atoms with van der Waals surface area (Å²) >= 11 is 5.76. The van der Waals surface area contributed by atoms with E-state index in [1.54, 1.807) is 12.0 Å². The van der Waals surface area contributed by atoms with Gasteiger partial charge < -0.3 is 15.0 Å². The molecule has 0 aliphatic heterocycles. The zero-order valence-corrected chi connectivity index (χ0v) is 18.6. The van der Waals surface area contributed by atoms with Crippen LogP contribution in [0.4, 0.5) is 11.4 Å². The maximum atomic E-state index is 12.2. The molecule has 2 aromatic rings. The Labute approximate surface area is 179 Å². The number of para-hydroxylation sites is 2. The van der Waals surface area contributed by atoms with E-state index in [0.29, 0.717) is 6.61 Å². The number of benzene rings is 2. The molecule has 1 N–H and O–H groups in total. The second kappa shape index (κ2) is 13.0. The van der Waals surface area contributed by atoms with Gasteiger partial charge in [0.2, 0.25) is 11.8 Å². The van der Waals surface area contributed by atoms with Crippen LogP contribution in [0.1, 0.15) is 31.9 Å². The topological polar surface area (TPSA) is 58.6 Å². The van der Waals surface area contributed by atoms with E-state index in [9.17, 15) is 9.59 Å². The van der Waals surface area contributed by atoms with Crippen LogP contribution in [-0.4, -0.2) is 37.5 Å². The monoisotopic (exact) mass is 418 g/mol. The Morgan fingerprint density at radius 1 is 1.14 bits per heavy atom. The molecule has 0 heterocycles. The molecule has 0 fully saturated rings. The van der Waals surface area contributed by atoms with Gasteiger partial charge in [-0.3, -0.25) is 9.59 Å². The predicted octanol–water partition coefficient (Wildman–Crippen LogP) is 4.81. The van der Waals surface area contributed by atoms with Crippen LogP contribution in [0.3, 0.4) is 0 Å². The second-order valence-electron chi connectivity index (χ2n) is 6.69. The van der Waals surface area contributed by atoms with Crippen LogP contribution in [-0.2, 0) is 20.7 Å². The number of carbonyl (C=O) groups excluding carboxylic acids is 2. The van der Waals surface area contributed by atoms with Crippen molar-refractivity contribution in [2.75, 3.05) is 29.8 Å². The van der Waals surface area contributed by atoms with Crippen molar-refractivity contribution >= 4 is 34.8 Å². The Bertz CT molecular complexity index is 781. The van der Waals surface area contributed by atoms with Crippen LogP contribution in [0.15, 0.2) is 48.5 Å². The molecule has 2 amide bonds. The zero-order chi connectivity index (χ0) is 21.8. The third-order valence-corrected chi connectivity index (χ3v) is 4.50. The summed E-state index contributed by atoms with van der Waals surface area (Å²) in [5.74, 6) is -0.146. The molecule has 0 saturated heterocycles. The fourth-order valence-electron chi connectivity index (χ4n) is 3.05. The van der Waals surface area contributed by atoms with Gasteiger partial charge in [0.05, 0.1) is 18.3 Å². The van der Waals surface area contributed by atoms with E-state index in [0.717, 1.165) is 28.9 Å². The molecule has 0 aromatic heterocycles. The Balaban J connectivity index is 0.000000352. The Morgan fingerprint density at radius 2 is 1.79 bits per heavy atom. The molecule has 0 saturated carbocycles. The van der Waals surface area contributed by atoms with Crippen molar-refractivity contribution in [3.05, 3.63) is 59.7 Å². The molecule has 0 radical (unpaired) electrons. The fraction of sp³-hybridized carbons (Fsp3) is 0.391. The Hall–Kier alpha value is -2.37. The molecule has 6 heteroatoms. The van der Waals surface area contributed by atoms with Gasteiger partial charge in [-0.15, -0.1) is 11.6 Å². The number of hydrogen-bond donors (Lipinski definition) is 1. The molecule has 2 aromatic carbocycles. The van der Waals surface area contributed by atoms with E-state index in [-0.39, 0.29) is 23.7 Å². The summed E-state index contributed by atoms with van der Waals surface area (Å²) in [6.45, 7) is 8.05. The lowest BCUT2D eigenvalue weighted by Crippen LogP contribution is -2.43. The first-order chi connectivity index (χ1) is 13.8. The van der Waals surface area contributed by atoms with Gasteiger partial charge in [-0.25, -0.2) is 0 Å². The highest BCUT2D eigenvalue weighted by Gasteiger charge is 2.24.